The summed E-state index contributed by atoms with van der Waals surface area (Å²) in [4.78, 5) is 25.6. The first-order valence-corrected chi connectivity index (χ1v) is 9.59. The largest absolute Gasteiger partial charge is 0.477 e. The first-order chi connectivity index (χ1) is 13.0. The van der Waals surface area contributed by atoms with Crippen LogP contribution in [0.5, 0.6) is 0 Å². The predicted molar refractivity (Wildman–Crippen MR) is 89.9 cm³/mol. The molecule has 2 aromatic rings. The molecule has 3 atom stereocenters. The highest BCUT2D eigenvalue weighted by molar-refractivity contribution is 8.06. The van der Waals surface area contributed by atoms with E-state index in [9.17, 15) is 19.8 Å². The van der Waals surface area contributed by atoms with Crippen molar-refractivity contribution in [1.82, 2.24) is 45.7 Å². The third kappa shape index (κ3) is 3.06. The number of nitrogens with one attached hydrogen (secondary N) is 1. The molecule has 1 unspecified atom stereocenters. The Kier molecular flexibility index (Phi) is 4.56. The molecule has 13 nitrogen and oxygen atoms in total. The smallest absolute Gasteiger partial charge is 0.353 e. The second-order valence-corrected chi connectivity index (χ2v) is 7.95. The molecule has 2 aromatic heterocycles. The molecule has 0 bridgehead atoms. The molecule has 2 aliphatic heterocycles. The first kappa shape index (κ1) is 17.9. The molecule has 15 heteroatoms. The number of hydrogen-bond acceptors (Lipinski definition) is 11. The number of nitrogens with zero attached hydrogens (tertiary/aromatic N) is 8. The lowest BCUT2D eigenvalue weighted by Gasteiger charge is -2.43. The molecule has 1 fully saturated rings. The summed E-state index contributed by atoms with van der Waals surface area (Å²) in [6, 6.07) is 0. The summed E-state index contributed by atoms with van der Waals surface area (Å²) in [6.07, 6.45) is -0.837. The molecule has 4 heterocycles. The quantitative estimate of drug-likeness (QED) is 0.357. The van der Waals surface area contributed by atoms with Gasteiger partial charge in [0.25, 0.3) is 0 Å². The lowest BCUT2D eigenvalue weighted by atomic mass is 9.92. The number of amides is 1. The van der Waals surface area contributed by atoms with Gasteiger partial charge in [-0.05, 0) is 17.4 Å². The number of aromatic nitrogens is 8. The van der Waals surface area contributed by atoms with Crippen LogP contribution in [0.1, 0.15) is 12.7 Å². The van der Waals surface area contributed by atoms with Gasteiger partial charge in [-0.25, -0.2) is 9.48 Å². The van der Waals surface area contributed by atoms with E-state index < -0.39 is 23.4 Å². The summed E-state index contributed by atoms with van der Waals surface area (Å²) in [5.41, 5.74) is -0.0448. The van der Waals surface area contributed by atoms with Crippen LogP contribution in [0.4, 0.5) is 0 Å². The van der Waals surface area contributed by atoms with Gasteiger partial charge in [0.1, 0.15) is 17.6 Å². The lowest BCUT2D eigenvalue weighted by molar-refractivity contribution is -0.156. The Morgan fingerprint density at radius 3 is 2.93 bits per heavy atom. The maximum absolute atomic E-state index is 12.2. The molecule has 3 N–H and O–H groups in total. The fourth-order valence-electron chi connectivity index (χ4n) is 2.87. The van der Waals surface area contributed by atoms with Gasteiger partial charge in [0, 0.05) is 10.7 Å². The summed E-state index contributed by atoms with van der Waals surface area (Å²) in [7, 11) is 0. The molecule has 142 valence electrons. The number of carboxylic acid groups (broad SMARTS) is 1. The van der Waals surface area contributed by atoms with Gasteiger partial charge < -0.3 is 10.2 Å². The van der Waals surface area contributed by atoms with E-state index in [-0.39, 0.29) is 23.9 Å². The second kappa shape index (κ2) is 6.90. The number of fused-ring (bicyclic) bond motifs is 1. The van der Waals surface area contributed by atoms with Crippen molar-refractivity contribution in [3.63, 3.8) is 0 Å². The number of aliphatic hydroxyl groups is 1. The number of carbonyl (C=O) groups excluding carboxylic acids is 1. The molecule has 1 saturated heterocycles. The Balaban J connectivity index is 1.49. The van der Waals surface area contributed by atoms with Crippen LogP contribution >= 0.6 is 23.5 Å². The third-order valence-electron chi connectivity index (χ3n) is 4.09. The number of rotatable bonds is 7. The average molecular weight is 411 g/mol. The molecular formula is C12H13N9O4S2. The van der Waals surface area contributed by atoms with Crippen LogP contribution in [0.25, 0.3) is 0 Å². The molecule has 1 amide bonds. The molecule has 0 spiro atoms. The van der Waals surface area contributed by atoms with Crippen molar-refractivity contribution in [2.24, 2.45) is 5.92 Å². The van der Waals surface area contributed by atoms with Crippen LogP contribution in [0.3, 0.4) is 0 Å². The minimum atomic E-state index is -1.18. The molecule has 0 aromatic carbocycles. The number of aliphatic hydroxyl groups excluding tert-OH is 1. The minimum absolute atomic E-state index is 0.0448. The number of thioether (sulfide) groups is 2. The van der Waals surface area contributed by atoms with E-state index in [4.69, 9.17) is 0 Å². The SMILES string of the molecule is CC(O)[C@H]1C(=O)N2C(C(=O)O)=C(CSc3nnnn3Cc3nn[nH]n3)S[C@H]12. The Morgan fingerprint density at radius 2 is 2.26 bits per heavy atom. The van der Waals surface area contributed by atoms with Crippen molar-refractivity contribution < 1.29 is 19.8 Å². The predicted octanol–water partition coefficient (Wildman–Crippen LogP) is -1.47. The van der Waals surface area contributed by atoms with Crippen LogP contribution in [-0.4, -0.2) is 85.1 Å². The fourth-order valence-corrected chi connectivity index (χ4v) is 5.45. The Labute approximate surface area is 159 Å². The summed E-state index contributed by atoms with van der Waals surface area (Å²) >= 11 is 2.51. The molecule has 4 rings (SSSR count). The van der Waals surface area contributed by atoms with Crippen molar-refractivity contribution in [3.8, 4) is 0 Å². The number of aromatic amines is 1. The number of aliphatic carboxylic acids is 1. The number of β-lactam (4-membered cyclic amide) rings is 1. The van der Waals surface area contributed by atoms with Crippen molar-refractivity contribution >= 4 is 35.4 Å². The highest BCUT2D eigenvalue weighted by atomic mass is 32.2. The summed E-state index contributed by atoms with van der Waals surface area (Å²) < 4.78 is 1.47. The van der Waals surface area contributed by atoms with Crippen LogP contribution in [0, 0.1) is 5.92 Å². The number of hydrogen-bond donors (Lipinski definition) is 3. The maximum Gasteiger partial charge on any atom is 0.353 e. The van der Waals surface area contributed by atoms with E-state index >= 15 is 0 Å². The van der Waals surface area contributed by atoms with E-state index in [1.807, 2.05) is 0 Å². The Morgan fingerprint density at radius 1 is 1.44 bits per heavy atom. The minimum Gasteiger partial charge on any atom is -0.477 e. The summed E-state index contributed by atoms with van der Waals surface area (Å²) in [5, 5.41) is 44.2. The summed E-state index contributed by atoms with van der Waals surface area (Å²) in [6.45, 7) is 1.74. The van der Waals surface area contributed by atoms with Crippen molar-refractivity contribution in [3.05, 3.63) is 16.4 Å². The summed E-state index contributed by atoms with van der Waals surface area (Å²) in [5.74, 6) is -1.48. The molecule has 0 aliphatic carbocycles. The molecule has 27 heavy (non-hydrogen) atoms. The van der Waals surface area contributed by atoms with Gasteiger partial charge in [-0.2, -0.15) is 5.21 Å². The third-order valence-corrected chi connectivity index (χ3v) is 6.62. The molecule has 2 aliphatic rings. The number of carboxylic acids is 1. The van der Waals surface area contributed by atoms with E-state index in [1.54, 1.807) is 0 Å². The molecule has 0 radical (unpaired) electrons. The van der Waals surface area contributed by atoms with Gasteiger partial charge in [-0.1, -0.05) is 17.0 Å². The van der Waals surface area contributed by atoms with Gasteiger partial charge in [-0.15, -0.1) is 27.1 Å². The van der Waals surface area contributed by atoms with Gasteiger partial charge in [-0.3, -0.25) is 9.69 Å². The van der Waals surface area contributed by atoms with Crippen molar-refractivity contribution in [2.45, 2.75) is 30.1 Å². The van der Waals surface area contributed by atoms with Crippen molar-refractivity contribution in [1.29, 1.82) is 0 Å². The average Bonchev–Trinajstić information content (AvgIpc) is 3.32. The van der Waals surface area contributed by atoms with Crippen LogP contribution in [0.2, 0.25) is 0 Å². The molecular weight excluding hydrogens is 398 g/mol. The van der Waals surface area contributed by atoms with Crippen molar-refractivity contribution in [2.75, 3.05) is 5.75 Å². The van der Waals surface area contributed by atoms with Gasteiger partial charge in [0.05, 0.1) is 12.0 Å². The standard InChI is InChI=1S/C12H13N9O4S2/c1-4(22)7-9(23)21-8(11(24)25)5(27-10(7)21)3-26-12-15-18-19-20(12)2-6-13-16-17-14-6/h4,7,10,22H,2-3H2,1H3,(H,24,25)(H,13,14,16,17)/t4?,7-,10+/m0/s1. The highest BCUT2D eigenvalue weighted by Gasteiger charge is 2.57. The van der Waals surface area contributed by atoms with Crippen LogP contribution in [-0.2, 0) is 16.1 Å². The van der Waals surface area contributed by atoms with Crippen LogP contribution < -0.4 is 0 Å². The number of tetrazole rings is 2. The highest BCUT2D eigenvalue weighted by Crippen LogP contribution is 2.51. The van der Waals surface area contributed by atoms with Gasteiger partial charge in [0.15, 0.2) is 5.82 Å². The molecule has 0 saturated carbocycles. The zero-order chi connectivity index (χ0) is 19.1. The van der Waals surface area contributed by atoms with Crippen LogP contribution in [0.15, 0.2) is 15.8 Å². The van der Waals surface area contributed by atoms with E-state index in [0.717, 1.165) is 0 Å². The topological polar surface area (TPSA) is 176 Å². The lowest BCUT2D eigenvalue weighted by Crippen LogP contribution is -2.60. The number of carbonyl (C=O) groups is 2. The first-order valence-electron chi connectivity index (χ1n) is 7.73. The Bertz CT molecular complexity index is 912. The zero-order valence-electron chi connectivity index (χ0n) is 13.8. The Hall–Kier alpha value is -2.52. The fraction of sp³-hybridized carbons (Fsp3) is 0.500. The van der Waals surface area contributed by atoms with E-state index in [1.165, 1.54) is 40.0 Å². The van der Waals surface area contributed by atoms with Gasteiger partial charge in [0.2, 0.25) is 11.1 Å². The van der Waals surface area contributed by atoms with E-state index in [2.05, 4.69) is 36.1 Å². The number of H-pyrrole nitrogens is 1. The van der Waals surface area contributed by atoms with E-state index in [0.29, 0.717) is 15.9 Å². The second-order valence-electron chi connectivity index (χ2n) is 5.80. The normalized spacial score (nSPS) is 22.7. The zero-order valence-corrected chi connectivity index (χ0v) is 15.4. The maximum atomic E-state index is 12.2. The van der Waals surface area contributed by atoms with Gasteiger partial charge >= 0.3 is 5.97 Å². The monoisotopic (exact) mass is 411 g/mol.